The molecule has 0 aliphatic carbocycles. The van der Waals surface area contributed by atoms with Gasteiger partial charge in [-0.1, -0.05) is 20.4 Å². The molecule has 0 bridgehead atoms. The lowest BCUT2D eigenvalue weighted by Gasteiger charge is -2.11. The highest BCUT2D eigenvalue weighted by Gasteiger charge is 2.15. The van der Waals surface area contributed by atoms with Crippen LogP contribution in [0.2, 0.25) is 0 Å². The highest BCUT2D eigenvalue weighted by Crippen LogP contribution is 2.23. The standard InChI is InChI=1S/C12H17N3O3/c1-9(2)14-7-10(3)8-18-11-5-4-6-13-12(11)15(16)17/h4-6,9,14H,3,7-8H2,1-2H3. The lowest BCUT2D eigenvalue weighted by Crippen LogP contribution is -2.26. The Morgan fingerprint density at radius 2 is 2.39 bits per heavy atom. The van der Waals surface area contributed by atoms with Crippen LogP contribution in [0.5, 0.6) is 5.75 Å². The number of rotatable bonds is 7. The van der Waals surface area contributed by atoms with Crippen LogP contribution < -0.4 is 10.1 Å². The Kier molecular flexibility index (Phi) is 5.26. The van der Waals surface area contributed by atoms with Gasteiger partial charge in [0.15, 0.2) is 0 Å². The van der Waals surface area contributed by atoms with Gasteiger partial charge in [0.2, 0.25) is 5.75 Å². The Hall–Kier alpha value is -1.95. The van der Waals surface area contributed by atoms with Gasteiger partial charge in [-0.3, -0.25) is 0 Å². The molecular weight excluding hydrogens is 234 g/mol. The summed E-state index contributed by atoms with van der Waals surface area (Å²) in [4.78, 5) is 13.8. The van der Waals surface area contributed by atoms with Gasteiger partial charge in [-0.05, 0) is 27.6 Å². The van der Waals surface area contributed by atoms with Crippen molar-refractivity contribution in [3.05, 3.63) is 40.6 Å². The van der Waals surface area contributed by atoms with Crippen LogP contribution in [-0.2, 0) is 0 Å². The summed E-state index contributed by atoms with van der Waals surface area (Å²) in [5.74, 6) is -0.115. The molecule has 0 fully saturated rings. The number of nitro groups is 1. The van der Waals surface area contributed by atoms with Crippen LogP contribution >= 0.6 is 0 Å². The van der Waals surface area contributed by atoms with Crippen molar-refractivity contribution in [2.24, 2.45) is 0 Å². The fourth-order valence-corrected chi connectivity index (χ4v) is 1.21. The average molecular weight is 251 g/mol. The highest BCUT2D eigenvalue weighted by atomic mass is 16.6. The Morgan fingerprint density at radius 1 is 1.67 bits per heavy atom. The first-order chi connectivity index (χ1) is 8.50. The summed E-state index contributed by atoms with van der Waals surface area (Å²) in [6, 6.07) is 3.47. The zero-order chi connectivity index (χ0) is 13.5. The fraction of sp³-hybridized carbons (Fsp3) is 0.417. The van der Waals surface area contributed by atoms with Crippen LogP contribution in [0.4, 0.5) is 5.82 Å². The summed E-state index contributed by atoms with van der Waals surface area (Å²) >= 11 is 0. The molecule has 0 unspecified atom stereocenters. The molecule has 0 aromatic carbocycles. The first-order valence-electron chi connectivity index (χ1n) is 5.63. The number of hydrogen-bond donors (Lipinski definition) is 1. The molecule has 0 atom stereocenters. The molecule has 1 aromatic heterocycles. The maximum Gasteiger partial charge on any atom is 0.406 e. The number of pyridine rings is 1. The van der Waals surface area contributed by atoms with E-state index in [0.29, 0.717) is 12.6 Å². The van der Waals surface area contributed by atoms with Crippen molar-refractivity contribution >= 4 is 5.82 Å². The van der Waals surface area contributed by atoms with Crippen LogP contribution in [0.1, 0.15) is 13.8 Å². The molecule has 18 heavy (non-hydrogen) atoms. The number of aromatic nitrogens is 1. The molecule has 1 N–H and O–H groups in total. The third-order valence-electron chi connectivity index (χ3n) is 2.12. The van der Waals surface area contributed by atoms with E-state index in [4.69, 9.17) is 4.74 Å². The van der Waals surface area contributed by atoms with E-state index in [2.05, 4.69) is 16.9 Å². The van der Waals surface area contributed by atoms with Gasteiger partial charge in [-0.2, -0.15) is 0 Å². The van der Waals surface area contributed by atoms with E-state index >= 15 is 0 Å². The molecule has 1 rings (SSSR count). The second kappa shape index (κ2) is 6.70. The zero-order valence-corrected chi connectivity index (χ0v) is 10.5. The largest absolute Gasteiger partial charge is 0.481 e. The van der Waals surface area contributed by atoms with Gasteiger partial charge in [0, 0.05) is 12.6 Å². The van der Waals surface area contributed by atoms with Gasteiger partial charge in [0.05, 0.1) is 0 Å². The second-order valence-corrected chi connectivity index (χ2v) is 4.16. The van der Waals surface area contributed by atoms with Gasteiger partial charge in [-0.15, -0.1) is 0 Å². The maximum absolute atomic E-state index is 10.7. The van der Waals surface area contributed by atoms with E-state index in [0.717, 1.165) is 5.57 Å². The molecule has 1 aromatic rings. The Bertz CT molecular complexity index is 432. The number of nitrogens with one attached hydrogen (secondary N) is 1. The predicted octanol–water partition coefficient (Wildman–Crippen LogP) is 1.92. The quantitative estimate of drug-likeness (QED) is 0.455. The molecule has 6 nitrogen and oxygen atoms in total. The van der Waals surface area contributed by atoms with Crippen molar-refractivity contribution in [2.75, 3.05) is 13.2 Å². The number of hydrogen-bond acceptors (Lipinski definition) is 5. The molecule has 6 heteroatoms. The first-order valence-corrected chi connectivity index (χ1v) is 5.63. The molecule has 0 aliphatic rings. The molecule has 98 valence electrons. The van der Waals surface area contributed by atoms with Crippen LogP contribution in [0, 0.1) is 10.1 Å². The van der Waals surface area contributed by atoms with E-state index in [9.17, 15) is 10.1 Å². The topological polar surface area (TPSA) is 77.3 Å². The van der Waals surface area contributed by atoms with Crippen molar-refractivity contribution < 1.29 is 9.66 Å². The normalized spacial score (nSPS) is 10.4. The van der Waals surface area contributed by atoms with Crippen molar-refractivity contribution in [3.8, 4) is 5.75 Å². The van der Waals surface area contributed by atoms with Gasteiger partial charge < -0.3 is 20.2 Å². The molecule has 0 spiro atoms. The van der Waals surface area contributed by atoms with E-state index in [1.807, 2.05) is 13.8 Å². The Balaban J connectivity index is 2.53. The first kappa shape index (κ1) is 14.1. The molecule has 0 radical (unpaired) electrons. The summed E-state index contributed by atoms with van der Waals surface area (Å²) in [5.41, 5.74) is 0.821. The van der Waals surface area contributed by atoms with Crippen molar-refractivity contribution in [2.45, 2.75) is 19.9 Å². The molecular formula is C12H17N3O3. The van der Waals surface area contributed by atoms with Crippen LogP contribution in [0.3, 0.4) is 0 Å². The van der Waals surface area contributed by atoms with E-state index in [-0.39, 0.29) is 18.2 Å². The molecule has 0 aliphatic heterocycles. The number of ether oxygens (including phenoxy) is 1. The van der Waals surface area contributed by atoms with E-state index in [1.54, 1.807) is 6.07 Å². The Morgan fingerprint density at radius 3 is 3.00 bits per heavy atom. The lowest BCUT2D eigenvalue weighted by molar-refractivity contribution is -0.390. The summed E-state index contributed by atoms with van der Waals surface area (Å²) in [6.45, 7) is 8.74. The second-order valence-electron chi connectivity index (χ2n) is 4.16. The zero-order valence-electron chi connectivity index (χ0n) is 10.5. The van der Waals surface area contributed by atoms with Gasteiger partial charge in [0.25, 0.3) is 0 Å². The molecule has 1 heterocycles. The minimum atomic E-state index is -0.565. The van der Waals surface area contributed by atoms with E-state index < -0.39 is 4.92 Å². The predicted molar refractivity (Wildman–Crippen MR) is 68.7 cm³/mol. The molecule has 0 saturated carbocycles. The van der Waals surface area contributed by atoms with Crippen molar-refractivity contribution in [1.82, 2.24) is 10.3 Å². The SMILES string of the molecule is C=C(CNC(C)C)COc1cccnc1[N+](=O)[O-]. The fourth-order valence-electron chi connectivity index (χ4n) is 1.21. The maximum atomic E-state index is 10.7. The minimum absolute atomic E-state index is 0.160. The van der Waals surface area contributed by atoms with Crippen LogP contribution in [-0.4, -0.2) is 29.1 Å². The Labute approximate surface area is 106 Å². The van der Waals surface area contributed by atoms with Crippen LogP contribution in [0.25, 0.3) is 0 Å². The van der Waals surface area contributed by atoms with Gasteiger partial charge >= 0.3 is 5.82 Å². The highest BCUT2D eigenvalue weighted by molar-refractivity contribution is 5.38. The van der Waals surface area contributed by atoms with E-state index in [1.165, 1.54) is 12.3 Å². The lowest BCUT2D eigenvalue weighted by atomic mass is 10.3. The molecule has 0 amide bonds. The third-order valence-corrected chi connectivity index (χ3v) is 2.12. The summed E-state index contributed by atoms with van der Waals surface area (Å²) in [6.07, 6.45) is 1.36. The van der Waals surface area contributed by atoms with Crippen molar-refractivity contribution in [1.29, 1.82) is 0 Å². The third kappa shape index (κ3) is 4.50. The van der Waals surface area contributed by atoms with Crippen LogP contribution in [0.15, 0.2) is 30.5 Å². The average Bonchev–Trinajstić information content (AvgIpc) is 2.34. The minimum Gasteiger partial charge on any atom is -0.481 e. The van der Waals surface area contributed by atoms with Gasteiger partial charge in [-0.25, -0.2) is 0 Å². The van der Waals surface area contributed by atoms with Crippen molar-refractivity contribution in [3.63, 3.8) is 0 Å². The molecule has 0 saturated heterocycles. The summed E-state index contributed by atoms with van der Waals surface area (Å²) in [7, 11) is 0. The monoisotopic (exact) mass is 251 g/mol. The number of nitrogens with zero attached hydrogens (tertiary/aromatic N) is 2. The smallest absolute Gasteiger partial charge is 0.406 e. The van der Waals surface area contributed by atoms with Gasteiger partial charge in [0.1, 0.15) is 12.8 Å². The summed E-state index contributed by atoms with van der Waals surface area (Å²) in [5, 5.41) is 13.9. The summed E-state index contributed by atoms with van der Waals surface area (Å²) < 4.78 is 5.35.